The smallest absolute Gasteiger partial charge is 0.360 e. The molecule has 5 heterocycles. The summed E-state index contributed by atoms with van der Waals surface area (Å²) in [5.41, 5.74) is 7.32. The number of nitrogens with one attached hydrogen (secondary N) is 4. The van der Waals surface area contributed by atoms with Crippen LogP contribution >= 0.6 is 0 Å². The zero-order chi connectivity index (χ0) is 44.3. The van der Waals surface area contributed by atoms with Crippen LogP contribution in [0, 0.1) is 18.8 Å². The minimum atomic E-state index is -4.53. The zero-order valence-electron chi connectivity index (χ0n) is 34.8. The highest BCUT2D eigenvalue weighted by molar-refractivity contribution is 6.08. The number of rotatable bonds is 8. The van der Waals surface area contributed by atoms with Gasteiger partial charge in [-0.15, -0.1) is 0 Å². The monoisotopic (exact) mass is 845 g/mol. The number of benzene rings is 3. The van der Waals surface area contributed by atoms with Gasteiger partial charge in [0.05, 0.1) is 11.1 Å². The first-order chi connectivity index (χ1) is 29.7. The maximum absolute atomic E-state index is 14.3. The Morgan fingerprint density at radius 2 is 1.87 bits per heavy atom. The summed E-state index contributed by atoms with van der Waals surface area (Å²) in [6.07, 6.45) is 1.84. The predicted molar refractivity (Wildman–Crippen MR) is 229 cm³/mol. The fourth-order valence-electron chi connectivity index (χ4n) is 8.23. The summed E-state index contributed by atoms with van der Waals surface area (Å²) in [5, 5.41) is 8.25. The Kier molecular flexibility index (Phi) is 12.5. The Labute approximate surface area is 356 Å². The molecule has 1 unspecified atom stereocenters. The van der Waals surface area contributed by atoms with Gasteiger partial charge < -0.3 is 25.4 Å². The number of imide groups is 1. The van der Waals surface area contributed by atoms with E-state index in [0.29, 0.717) is 67.7 Å². The number of piperidine rings is 1. The van der Waals surface area contributed by atoms with Gasteiger partial charge in [0.1, 0.15) is 6.04 Å². The number of amides is 5. The number of carbonyl (C=O) groups excluding carboxylic acids is 5. The molecule has 8 rings (SSSR count). The van der Waals surface area contributed by atoms with E-state index in [1.807, 2.05) is 30.0 Å². The van der Waals surface area contributed by atoms with E-state index in [4.69, 9.17) is 0 Å². The van der Waals surface area contributed by atoms with Crippen molar-refractivity contribution < 1.29 is 37.1 Å². The van der Waals surface area contributed by atoms with E-state index in [-0.39, 0.29) is 35.6 Å². The number of fused-ring (bicyclic) bond motifs is 3. The summed E-state index contributed by atoms with van der Waals surface area (Å²) in [6.45, 7) is 7.28. The molecule has 3 aliphatic heterocycles. The maximum Gasteiger partial charge on any atom is 0.417 e. The molecule has 1 atom stereocenters. The van der Waals surface area contributed by atoms with Gasteiger partial charge in [-0.2, -0.15) is 13.2 Å². The molecule has 12 nitrogen and oxygen atoms in total. The molecule has 0 spiro atoms. The van der Waals surface area contributed by atoms with E-state index in [9.17, 15) is 37.1 Å². The third-order valence-electron chi connectivity index (χ3n) is 11.4. The van der Waals surface area contributed by atoms with Crippen LogP contribution in [0.4, 0.5) is 24.5 Å². The molecule has 5 amide bonds. The van der Waals surface area contributed by atoms with Crippen LogP contribution < -0.4 is 20.9 Å². The normalized spacial score (nSPS) is 15.9. The standard InChI is InChI=1S/C29H29F3N4O.C18H17N3O4/c1-16(2)21-11-20(12-23-24(28(37)33-4)15-35-27(21)23)36-9-5-6-18-10-22(19-8-7-17(3)34-14-19)25(13-26(18)36)29(30,31)32;22-11-19-9-2-1-4-12-5-3-6-13-14(12)10-21(18(13)25)15-7-8-16(23)20-17(15)24/h7-8,10-16,35H,5-6,9H2,1-4H3,(H,33,37);3,5-6,11,15H,2,7-10H2,(H,19,22)(H,20,23,24). The van der Waals surface area contributed by atoms with Crippen LogP contribution in [0.3, 0.4) is 0 Å². The molecule has 62 heavy (non-hydrogen) atoms. The van der Waals surface area contributed by atoms with Crippen LogP contribution in [-0.4, -0.2) is 71.1 Å². The number of aromatic nitrogens is 2. The van der Waals surface area contributed by atoms with Crippen molar-refractivity contribution in [3.8, 4) is 23.0 Å². The molecule has 1 saturated heterocycles. The number of halogens is 3. The Bertz CT molecular complexity index is 2640. The molecular weight excluding hydrogens is 800 g/mol. The molecule has 320 valence electrons. The van der Waals surface area contributed by atoms with Crippen molar-refractivity contribution in [2.24, 2.45) is 0 Å². The van der Waals surface area contributed by atoms with E-state index in [2.05, 4.69) is 51.6 Å². The lowest BCUT2D eigenvalue weighted by atomic mass is 9.91. The van der Waals surface area contributed by atoms with Gasteiger partial charge in [-0.1, -0.05) is 37.8 Å². The first-order valence-corrected chi connectivity index (χ1v) is 20.4. The largest absolute Gasteiger partial charge is 0.417 e. The Balaban J connectivity index is 0.000000201. The minimum absolute atomic E-state index is 0.144. The number of pyridine rings is 1. The van der Waals surface area contributed by atoms with Crippen molar-refractivity contribution >= 4 is 52.3 Å². The van der Waals surface area contributed by atoms with Gasteiger partial charge in [-0.25, -0.2) is 0 Å². The fourth-order valence-corrected chi connectivity index (χ4v) is 8.23. The van der Waals surface area contributed by atoms with Gasteiger partial charge in [0.2, 0.25) is 18.2 Å². The fraction of sp³-hybridized carbons (Fsp3) is 0.319. The van der Waals surface area contributed by atoms with Gasteiger partial charge >= 0.3 is 6.18 Å². The number of hydrogen-bond donors (Lipinski definition) is 4. The van der Waals surface area contributed by atoms with Gasteiger partial charge in [-0.05, 0) is 96.8 Å². The van der Waals surface area contributed by atoms with Crippen molar-refractivity contribution in [1.29, 1.82) is 0 Å². The Morgan fingerprint density at radius 3 is 2.56 bits per heavy atom. The van der Waals surface area contributed by atoms with Crippen molar-refractivity contribution in [2.75, 3.05) is 25.0 Å². The van der Waals surface area contributed by atoms with E-state index in [1.54, 1.807) is 43.6 Å². The lowest BCUT2D eigenvalue weighted by molar-refractivity contribution is -0.138. The van der Waals surface area contributed by atoms with Crippen molar-refractivity contribution in [3.63, 3.8) is 0 Å². The molecule has 15 heteroatoms. The number of hydrogen-bond acceptors (Lipinski definition) is 7. The quantitative estimate of drug-likeness (QED) is 0.0564. The summed E-state index contributed by atoms with van der Waals surface area (Å²) >= 11 is 0. The lowest BCUT2D eigenvalue weighted by Crippen LogP contribution is -2.52. The second-order valence-corrected chi connectivity index (χ2v) is 15.7. The second-order valence-electron chi connectivity index (χ2n) is 15.7. The van der Waals surface area contributed by atoms with Crippen LogP contribution in [0.25, 0.3) is 22.0 Å². The second kappa shape index (κ2) is 18.0. The Hall–Kier alpha value is -6.95. The van der Waals surface area contributed by atoms with E-state index >= 15 is 0 Å². The number of H-pyrrole nitrogens is 1. The summed E-state index contributed by atoms with van der Waals surface area (Å²) < 4.78 is 43.0. The summed E-state index contributed by atoms with van der Waals surface area (Å²) in [5.74, 6) is 4.98. The highest BCUT2D eigenvalue weighted by Gasteiger charge is 2.40. The molecular formula is C47H46F3N7O5. The molecule has 0 bridgehead atoms. The van der Waals surface area contributed by atoms with E-state index in [1.165, 1.54) is 17.2 Å². The molecule has 1 fully saturated rings. The summed E-state index contributed by atoms with van der Waals surface area (Å²) in [6, 6.07) is 15.0. The highest BCUT2D eigenvalue weighted by Crippen LogP contribution is 2.45. The third-order valence-corrected chi connectivity index (χ3v) is 11.4. The molecule has 0 radical (unpaired) electrons. The van der Waals surface area contributed by atoms with E-state index in [0.717, 1.165) is 51.0 Å². The summed E-state index contributed by atoms with van der Waals surface area (Å²) in [4.78, 5) is 69.7. The summed E-state index contributed by atoms with van der Waals surface area (Å²) in [7, 11) is 1.58. The average Bonchev–Trinajstić information content (AvgIpc) is 3.83. The topological polar surface area (TPSA) is 157 Å². The number of anilines is 2. The van der Waals surface area contributed by atoms with Gasteiger partial charge in [0.15, 0.2) is 0 Å². The van der Waals surface area contributed by atoms with Crippen LogP contribution in [0.1, 0.15) is 99.7 Å². The maximum atomic E-state index is 14.3. The first kappa shape index (κ1) is 43.1. The van der Waals surface area contributed by atoms with Crippen molar-refractivity contribution in [2.45, 2.75) is 77.6 Å². The number of aromatic amines is 1. The van der Waals surface area contributed by atoms with Gasteiger partial charge in [0.25, 0.3) is 11.8 Å². The molecule has 0 saturated carbocycles. The SMILES string of the molecule is CNC(=O)c1c[nH]c2c(C(C)C)cc(N3CCCc4cc(-c5ccc(C)nc5)c(C(F)(F)F)cc43)cc12.O=CNCCC#Cc1cccc2c1CN(C1CCC(=O)NC1=O)C2=O. The Morgan fingerprint density at radius 1 is 1.06 bits per heavy atom. The molecule has 3 aromatic carbocycles. The van der Waals surface area contributed by atoms with Crippen LogP contribution in [0.2, 0.25) is 0 Å². The predicted octanol–water partition coefficient (Wildman–Crippen LogP) is 7.06. The van der Waals surface area contributed by atoms with E-state index < -0.39 is 23.7 Å². The first-order valence-electron chi connectivity index (χ1n) is 20.4. The number of alkyl halides is 3. The molecule has 2 aromatic heterocycles. The number of carbonyl (C=O) groups is 5. The third kappa shape index (κ3) is 8.77. The van der Waals surface area contributed by atoms with Crippen molar-refractivity contribution in [3.05, 3.63) is 112 Å². The average molecular weight is 846 g/mol. The molecule has 5 aromatic rings. The van der Waals surface area contributed by atoms with Crippen LogP contribution in [0.5, 0.6) is 0 Å². The molecule has 0 aliphatic carbocycles. The lowest BCUT2D eigenvalue weighted by Gasteiger charge is -2.33. The zero-order valence-corrected chi connectivity index (χ0v) is 34.8. The highest BCUT2D eigenvalue weighted by atomic mass is 19.4. The van der Waals surface area contributed by atoms with Crippen molar-refractivity contribution in [1.82, 2.24) is 30.8 Å². The molecule has 3 aliphatic rings. The molecule has 4 N–H and O–H groups in total. The van der Waals surface area contributed by atoms with Crippen LogP contribution in [-0.2, 0) is 33.5 Å². The van der Waals surface area contributed by atoms with Crippen LogP contribution in [0.15, 0.2) is 67.0 Å². The minimum Gasteiger partial charge on any atom is -0.360 e. The van der Waals surface area contributed by atoms with Gasteiger partial charge in [-0.3, -0.25) is 34.3 Å². The number of nitrogens with zero attached hydrogens (tertiary/aromatic N) is 3. The number of aryl methyl sites for hydroxylation is 2. The van der Waals surface area contributed by atoms with Gasteiger partial charge in [0, 0.05) is 96.6 Å².